The number of ketones is 1. The molecule has 0 aromatic heterocycles. The Balaban J connectivity index is 2.50. The lowest BCUT2D eigenvalue weighted by Crippen LogP contribution is -2.05. The zero-order valence-electron chi connectivity index (χ0n) is 12.1. The molecule has 0 aliphatic rings. The lowest BCUT2D eigenvalue weighted by molar-refractivity contribution is 0.103. The second-order valence-electron chi connectivity index (χ2n) is 4.59. The largest absolute Gasteiger partial charge is 0.493 e. The fourth-order valence-electron chi connectivity index (χ4n) is 1.97. The van der Waals surface area contributed by atoms with E-state index < -0.39 is 0 Å². The third-order valence-corrected chi connectivity index (χ3v) is 3.92. The van der Waals surface area contributed by atoms with Crippen molar-refractivity contribution in [2.45, 2.75) is 6.92 Å². The minimum Gasteiger partial charge on any atom is -0.493 e. The molecule has 0 bridgehead atoms. The van der Waals surface area contributed by atoms with Crippen LogP contribution in [0.2, 0.25) is 0 Å². The van der Waals surface area contributed by atoms with E-state index in [-0.39, 0.29) is 5.78 Å². The Kier molecular flexibility index (Phi) is 4.53. The predicted molar refractivity (Wildman–Crippen MR) is 86.3 cm³/mol. The average Bonchev–Trinajstić information content (AvgIpc) is 2.49. The maximum atomic E-state index is 12.6. The number of aryl methyl sites for hydroxylation is 1. The Labute approximate surface area is 132 Å². The van der Waals surface area contributed by atoms with E-state index in [1.165, 1.54) is 7.11 Å². The van der Waals surface area contributed by atoms with Crippen molar-refractivity contribution >= 4 is 27.4 Å². The zero-order chi connectivity index (χ0) is 15.6. The Morgan fingerprint density at radius 2 is 1.71 bits per heavy atom. The molecule has 0 heterocycles. The smallest absolute Gasteiger partial charge is 0.194 e. The van der Waals surface area contributed by atoms with Crippen LogP contribution in [0.5, 0.6) is 11.5 Å². The fourth-order valence-corrected chi connectivity index (χ4v) is 2.47. The van der Waals surface area contributed by atoms with Gasteiger partial charge in [0.2, 0.25) is 0 Å². The second kappa shape index (κ2) is 6.18. The molecule has 0 saturated heterocycles. The van der Waals surface area contributed by atoms with Gasteiger partial charge in [-0.1, -0.05) is 12.1 Å². The number of carbonyl (C=O) groups excluding carboxylic acids is 1. The quantitative estimate of drug-likeness (QED) is 0.676. The molecule has 5 heteroatoms. The molecule has 4 nitrogen and oxygen atoms in total. The van der Waals surface area contributed by atoms with Crippen LogP contribution in [-0.2, 0) is 0 Å². The maximum absolute atomic E-state index is 12.6. The number of halogens is 1. The molecule has 0 spiro atoms. The van der Waals surface area contributed by atoms with Crippen molar-refractivity contribution in [3.63, 3.8) is 0 Å². The molecular weight excluding hydrogens is 334 g/mol. The van der Waals surface area contributed by atoms with Crippen LogP contribution in [-0.4, -0.2) is 20.0 Å². The molecular formula is C16H16BrNO3. The summed E-state index contributed by atoms with van der Waals surface area (Å²) in [5.74, 6) is 0.933. The van der Waals surface area contributed by atoms with Crippen molar-refractivity contribution in [1.82, 2.24) is 0 Å². The first-order chi connectivity index (χ1) is 9.97. The van der Waals surface area contributed by atoms with Gasteiger partial charge in [0.25, 0.3) is 0 Å². The highest BCUT2D eigenvalue weighted by Crippen LogP contribution is 2.34. The molecule has 0 radical (unpaired) electrons. The van der Waals surface area contributed by atoms with Crippen LogP contribution in [0.4, 0.5) is 5.69 Å². The topological polar surface area (TPSA) is 61.5 Å². The van der Waals surface area contributed by atoms with Crippen molar-refractivity contribution in [1.29, 1.82) is 0 Å². The van der Waals surface area contributed by atoms with Gasteiger partial charge in [0.05, 0.1) is 14.2 Å². The summed E-state index contributed by atoms with van der Waals surface area (Å²) in [5.41, 5.74) is 8.43. The van der Waals surface area contributed by atoms with E-state index in [2.05, 4.69) is 15.9 Å². The summed E-state index contributed by atoms with van der Waals surface area (Å²) in [7, 11) is 3.08. The first-order valence-corrected chi connectivity index (χ1v) is 7.09. The molecule has 2 N–H and O–H groups in total. The number of carbonyl (C=O) groups is 1. The van der Waals surface area contributed by atoms with E-state index in [1.54, 1.807) is 31.4 Å². The molecule has 0 aliphatic carbocycles. The van der Waals surface area contributed by atoms with Gasteiger partial charge in [-0.25, -0.2) is 0 Å². The van der Waals surface area contributed by atoms with Crippen LogP contribution >= 0.6 is 15.9 Å². The van der Waals surface area contributed by atoms with Crippen LogP contribution < -0.4 is 15.2 Å². The van der Waals surface area contributed by atoms with E-state index in [0.717, 1.165) is 5.56 Å². The summed E-state index contributed by atoms with van der Waals surface area (Å²) in [6.07, 6.45) is 0. The molecule has 21 heavy (non-hydrogen) atoms. The third-order valence-electron chi connectivity index (χ3n) is 3.26. The molecule has 0 atom stereocenters. The molecule has 0 amide bonds. The number of methoxy groups -OCH3 is 2. The first-order valence-electron chi connectivity index (χ1n) is 6.30. The van der Waals surface area contributed by atoms with Gasteiger partial charge in [0.15, 0.2) is 17.3 Å². The second-order valence-corrected chi connectivity index (χ2v) is 5.44. The van der Waals surface area contributed by atoms with Crippen molar-refractivity contribution in [2.75, 3.05) is 20.0 Å². The Bertz CT molecular complexity index is 698. The molecule has 0 aliphatic heterocycles. The normalized spacial score (nSPS) is 10.3. The van der Waals surface area contributed by atoms with E-state index in [4.69, 9.17) is 15.2 Å². The summed E-state index contributed by atoms with van der Waals surface area (Å²) in [6.45, 7) is 1.90. The summed E-state index contributed by atoms with van der Waals surface area (Å²) >= 11 is 3.39. The molecule has 2 aromatic carbocycles. The molecule has 2 rings (SSSR count). The Hall–Kier alpha value is -2.01. The van der Waals surface area contributed by atoms with Gasteiger partial charge in [-0.05, 0) is 46.6 Å². The lowest BCUT2D eigenvalue weighted by atomic mass is 10.0. The third kappa shape index (κ3) is 3.03. The number of rotatable bonds is 4. The molecule has 0 unspecified atom stereocenters. The maximum Gasteiger partial charge on any atom is 0.194 e. The number of hydrogen-bond acceptors (Lipinski definition) is 4. The minimum absolute atomic E-state index is 0.130. The number of ether oxygens (including phenoxy) is 2. The van der Waals surface area contributed by atoms with Gasteiger partial charge in [-0.15, -0.1) is 0 Å². The van der Waals surface area contributed by atoms with Crippen molar-refractivity contribution in [3.05, 3.63) is 51.5 Å². The number of nitrogens with two attached hydrogens (primary N) is 1. The van der Waals surface area contributed by atoms with Gasteiger partial charge >= 0.3 is 0 Å². The SMILES string of the molecule is COc1cc(Br)c(C(=O)c2ccc(C)c(N)c2)cc1OC. The number of nitrogen functional groups attached to an aromatic ring is 1. The van der Waals surface area contributed by atoms with E-state index in [9.17, 15) is 4.79 Å². The van der Waals surface area contributed by atoms with Crippen LogP contribution in [0.1, 0.15) is 21.5 Å². The Morgan fingerprint density at radius 3 is 2.29 bits per heavy atom. The van der Waals surface area contributed by atoms with E-state index in [1.807, 2.05) is 13.0 Å². The summed E-state index contributed by atoms with van der Waals surface area (Å²) in [4.78, 5) is 12.6. The van der Waals surface area contributed by atoms with Crippen LogP contribution in [0.25, 0.3) is 0 Å². The van der Waals surface area contributed by atoms with Crippen molar-refractivity contribution in [3.8, 4) is 11.5 Å². The minimum atomic E-state index is -0.130. The Morgan fingerprint density at radius 1 is 1.10 bits per heavy atom. The first kappa shape index (κ1) is 15.4. The standard InChI is InChI=1S/C16H16BrNO3/c1-9-4-5-10(6-13(9)18)16(19)11-7-14(20-2)15(21-3)8-12(11)17/h4-8H,18H2,1-3H3. The highest BCUT2D eigenvalue weighted by atomic mass is 79.9. The highest BCUT2D eigenvalue weighted by molar-refractivity contribution is 9.10. The lowest BCUT2D eigenvalue weighted by Gasteiger charge is -2.12. The van der Waals surface area contributed by atoms with Crippen LogP contribution in [0.3, 0.4) is 0 Å². The summed E-state index contributed by atoms with van der Waals surface area (Å²) in [6, 6.07) is 8.64. The molecule has 110 valence electrons. The van der Waals surface area contributed by atoms with E-state index >= 15 is 0 Å². The number of hydrogen-bond donors (Lipinski definition) is 1. The predicted octanol–water partition coefficient (Wildman–Crippen LogP) is 3.59. The summed E-state index contributed by atoms with van der Waals surface area (Å²) in [5, 5.41) is 0. The molecule has 0 saturated carbocycles. The average molecular weight is 350 g/mol. The van der Waals surface area contributed by atoms with Crippen molar-refractivity contribution < 1.29 is 14.3 Å². The summed E-state index contributed by atoms with van der Waals surface area (Å²) < 4.78 is 11.1. The number of anilines is 1. The van der Waals surface area contributed by atoms with Gasteiger partial charge in [0.1, 0.15) is 0 Å². The fraction of sp³-hybridized carbons (Fsp3) is 0.188. The molecule has 0 fully saturated rings. The molecule has 2 aromatic rings. The van der Waals surface area contributed by atoms with Gasteiger partial charge in [0, 0.05) is 21.3 Å². The van der Waals surface area contributed by atoms with Gasteiger partial charge in [-0.2, -0.15) is 0 Å². The van der Waals surface area contributed by atoms with Gasteiger partial charge < -0.3 is 15.2 Å². The van der Waals surface area contributed by atoms with Crippen LogP contribution in [0.15, 0.2) is 34.8 Å². The monoisotopic (exact) mass is 349 g/mol. The zero-order valence-corrected chi connectivity index (χ0v) is 13.7. The highest BCUT2D eigenvalue weighted by Gasteiger charge is 2.17. The van der Waals surface area contributed by atoms with Crippen LogP contribution in [0, 0.1) is 6.92 Å². The van der Waals surface area contributed by atoms with Crippen molar-refractivity contribution in [2.24, 2.45) is 0 Å². The number of benzene rings is 2. The van der Waals surface area contributed by atoms with Gasteiger partial charge in [-0.3, -0.25) is 4.79 Å². The van der Waals surface area contributed by atoms with E-state index in [0.29, 0.717) is 32.8 Å².